The molecule has 1 aliphatic heterocycles. The zero-order valence-electron chi connectivity index (χ0n) is 16.0. The highest BCUT2D eigenvalue weighted by Crippen LogP contribution is 2.51. The number of aromatic nitrogens is 4. The van der Waals surface area contributed by atoms with Crippen LogP contribution in [0.15, 0.2) is 30.3 Å². The van der Waals surface area contributed by atoms with Gasteiger partial charge in [0, 0.05) is 31.5 Å². The van der Waals surface area contributed by atoms with E-state index >= 15 is 0 Å². The van der Waals surface area contributed by atoms with Crippen LogP contribution >= 0.6 is 0 Å². The summed E-state index contributed by atoms with van der Waals surface area (Å²) < 4.78 is 7.88. The van der Waals surface area contributed by atoms with Crippen LogP contribution < -0.4 is 4.90 Å². The molecule has 2 aromatic rings. The lowest BCUT2D eigenvalue weighted by molar-refractivity contribution is -0.202. The summed E-state index contributed by atoms with van der Waals surface area (Å²) in [6.45, 7) is 3.25. The fourth-order valence-corrected chi connectivity index (χ4v) is 4.23. The highest BCUT2D eigenvalue weighted by molar-refractivity contribution is 5.41. The second-order valence-electron chi connectivity index (χ2n) is 7.86. The summed E-state index contributed by atoms with van der Waals surface area (Å²) in [7, 11) is 4.09. The van der Waals surface area contributed by atoms with Gasteiger partial charge in [0.05, 0.1) is 24.5 Å². The van der Waals surface area contributed by atoms with Gasteiger partial charge in [-0.15, -0.1) is 0 Å². The van der Waals surface area contributed by atoms with Gasteiger partial charge < -0.3 is 19.6 Å². The number of aliphatic hydroxyl groups is 1. The highest BCUT2D eigenvalue weighted by Gasteiger charge is 2.56. The summed E-state index contributed by atoms with van der Waals surface area (Å²) in [4.78, 5) is 4.33. The molecule has 2 atom stereocenters. The third-order valence-corrected chi connectivity index (χ3v) is 6.03. The first-order chi connectivity index (χ1) is 13.1. The standard InChI is InChI=1S/C19H28N6O2/c1-23(2)12-13-27-17-14-16(26)19(17)8-10-24(11-9-19)18-20-21-22-25(18)15-6-4-3-5-7-15/h3-7,16-17,26H,8-14H2,1-2H3/t16-,17+/m1/s1. The van der Waals surface area contributed by atoms with Crippen molar-refractivity contribution in [1.29, 1.82) is 0 Å². The van der Waals surface area contributed by atoms with E-state index in [0.29, 0.717) is 6.61 Å². The molecule has 0 amide bonds. The lowest BCUT2D eigenvalue weighted by Crippen LogP contribution is -2.62. The summed E-state index contributed by atoms with van der Waals surface area (Å²) in [5.74, 6) is 0.759. The summed E-state index contributed by atoms with van der Waals surface area (Å²) in [6.07, 6.45) is 2.41. The molecule has 2 fully saturated rings. The minimum atomic E-state index is -0.269. The predicted molar refractivity (Wildman–Crippen MR) is 102 cm³/mol. The topological polar surface area (TPSA) is 79.5 Å². The van der Waals surface area contributed by atoms with Crippen molar-refractivity contribution in [3.8, 4) is 5.69 Å². The quantitative estimate of drug-likeness (QED) is 0.809. The Hall–Kier alpha value is -2.03. The van der Waals surface area contributed by atoms with E-state index in [1.807, 2.05) is 44.4 Å². The van der Waals surface area contributed by atoms with E-state index in [-0.39, 0.29) is 17.6 Å². The summed E-state index contributed by atoms with van der Waals surface area (Å²) in [5, 5.41) is 22.8. The van der Waals surface area contributed by atoms with Gasteiger partial charge in [0.2, 0.25) is 5.95 Å². The SMILES string of the molecule is CN(C)CCO[C@H]1C[C@@H](O)C12CCN(c1nnnn1-c1ccccc1)CC2. The molecular formula is C19H28N6O2. The molecule has 0 unspecified atom stereocenters. The number of tetrazole rings is 1. The number of para-hydroxylation sites is 1. The van der Waals surface area contributed by atoms with Crippen molar-refractivity contribution in [3.05, 3.63) is 30.3 Å². The fraction of sp³-hybridized carbons (Fsp3) is 0.632. The number of benzene rings is 1. The number of hydrogen-bond acceptors (Lipinski definition) is 7. The Balaban J connectivity index is 1.41. The molecule has 27 heavy (non-hydrogen) atoms. The maximum Gasteiger partial charge on any atom is 0.250 e. The van der Waals surface area contributed by atoms with Gasteiger partial charge in [-0.05, 0) is 49.5 Å². The van der Waals surface area contributed by atoms with Crippen molar-refractivity contribution in [2.45, 2.75) is 31.5 Å². The van der Waals surface area contributed by atoms with Crippen LogP contribution in [0.3, 0.4) is 0 Å². The molecule has 8 heteroatoms. The summed E-state index contributed by atoms with van der Waals surface area (Å²) in [5.41, 5.74) is 0.833. The maximum absolute atomic E-state index is 10.5. The number of hydrogen-bond donors (Lipinski definition) is 1. The molecule has 1 N–H and O–H groups in total. The van der Waals surface area contributed by atoms with Crippen LogP contribution in [0.5, 0.6) is 0 Å². The van der Waals surface area contributed by atoms with Crippen molar-refractivity contribution in [2.75, 3.05) is 45.2 Å². The Morgan fingerprint density at radius 1 is 1.22 bits per heavy atom. The first-order valence-electron chi connectivity index (χ1n) is 9.63. The predicted octanol–water partition coefficient (Wildman–Crippen LogP) is 0.960. The van der Waals surface area contributed by atoms with Crippen LogP contribution in [0.2, 0.25) is 0 Å². The van der Waals surface area contributed by atoms with Crippen molar-refractivity contribution in [2.24, 2.45) is 5.41 Å². The van der Waals surface area contributed by atoms with E-state index in [9.17, 15) is 5.11 Å². The maximum atomic E-state index is 10.5. The van der Waals surface area contributed by atoms with E-state index in [1.54, 1.807) is 4.68 Å². The molecule has 8 nitrogen and oxygen atoms in total. The molecule has 2 heterocycles. The van der Waals surface area contributed by atoms with Gasteiger partial charge in [-0.2, -0.15) is 4.68 Å². The number of aliphatic hydroxyl groups excluding tert-OH is 1. The van der Waals surface area contributed by atoms with Crippen LogP contribution in [0, 0.1) is 5.41 Å². The zero-order valence-corrected chi connectivity index (χ0v) is 16.0. The Morgan fingerprint density at radius 2 is 1.96 bits per heavy atom. The minimum Gasteiger partial charge on any atom is -0.392 e. The zero-order chi connectivity index (χ0) is 18.9. The lowest BCUT2D eigenvalue weighted by atomic mass is 9.58. The first-order valence-corrected chi connectivity index (χ1v) is 9.63. The molecule has 1 aliphatic carbocycles. The Bertz CT molecular complexity index is 742. The monoisotopic (exact) mass is 372 g/mol. The Labute approximate surface area is 159 Å². The fourth-order valence-electron chi connectivity index (χ4n) is 4.23. The van der Waals surface area contributed by atoms with Crippen LogP contribution in [0.4, 0.5) is 5.95 Å². The third kappa shape index (κ3) is 3.44. The van der Waals surface area contributed by atoms with Gasteiger partial charge in [0.15, 0.2) is 0 Å². The van der Waals surface area contributed by atoms with Gasteiger partial charge in [-0.1, -0.05) is 23.3 Å². The molecule has 4 rings (SSSR count). The van der Waals surface area contributed by atoms with Crippen molar-refractivity contribution in [1.82, 2.24) is 25.1 Å². The number of anilines is 1. The summed E-state index contributed by atoms with van der Waals surface area (Å²) >= 11 is 0. The lowest BCUT2D eigenvalue weighted by Gasteiger charge is -2.56. The molecule has 0 radical (unpaired) electrons. The van der Waals surface area contributed by atoms with Crippen LogP contribution in [0.25, 0.3) is 5.69 Å². The van der Waals surface area contributed by atoms with E-state index in [4.69, 9.17) is 4.74 Å². The first kappa shape index (κ1) is 18.3. The Kier molecular flexibility index (Phi) is 5.12. The number of likely N-dealkylation sites (N-methyl/N-ethyl adjacent to an activating group) is 1. The van der Waals surface area contributed by atoms with Crippen molar-refractivity contribution in [3.63, 3.8) is 0 Å². The second kappa shape index (κ2) is 7.53. The average molecular weight is 372 g/mol. The van der Waals surface area contributed by atoms with E-state index in [0.717, 1.165) is 50.5 Å². The molecule has 1 aromatic carbocycles. The molecule has 0 bridgehead atoms. The molecule has 2 aliphatic rings. The summed E-state index contributed by atoms with van der Waals surface area (Å²) in [6, 6.07) is 9.93. The molecule has 1 spiro atoms. The van der Waals surface area contributed by atoms with Crippen LogP contribution in [-0.2, 0) is 4.74 Å². The van der Waals surface area contributed by atoms with Gasteiger partial charge in [0.25, 0.3) is 0 Å². The molecule has 146 valence electrons. The van der Waals surface area contributed by atoms with Gasteiger partial charge in [0.1, 0.15) is 0 Å². The molecule has 1 saturated carbocycles. The van der Waals surface area contributed by atoms with Crippen LogP contribution in [0.1, 0.15) is 19.3 Å². The third-order valence-electron chi connectivity index (χ3n) is 6.03. The van der Waals surface area contributed by atoms with Gasteiger partial charge >= 0.3 is 0 Å². The van der Waals surface area contributed by atoms with Gasteiger partial charge in [-0.25, -0.2) is 0 Å². The molecular weight excluding hydrogens is 344 g/mol. The van der Waals surface area contributed by atoms with Crippen LogP contribution in [-0.4, -0.2) is 82.8 Å². The molecule has 1 aromatic heterocycles. The number of ether oxygens (including phenoxy) is 1. The van der Waals surface area contributed by atoms with Crippen molar-refractivity contribution >= 4 is 5.95 Å². The van der Waals surface area contributed by atoms with E-state index in [1.165, 1.54) is 0 Å². The highest BCUT2D eigenvalue weighted by atomic mass is 16.5. The van der Waals surface area contributed by atoms with E-state index < -0.39 is 0 Å². The minimum absolute atomic E-state index is 0.117. The Morgan fingerprint density at radius 3 is 2.63 bits per heavy atom. The normalized spacial score (nSPS) is 24.4. The smallest absolute Gasteiger partial charge is 0.250 e. The molecule has 1 saturated heterocycles. The van der Waals surface area contributed by atoms with Gasteiger partial charge in [-0.3, -0.25) is 0 Å². The largest absolute Gasteiger partial charge is 0.392 e. The average Bonchev–Trinajstić information content (AvgIpc) is 3.18. The second-order valence-corrected chi connectivity index (χ2v) is 7.86. The van der Waals surface area contributed by atoms with E-state index in [2.05, 4.69) is 25.3 Å². The van der Waals surface area contributed by atoms with Crippen molar-refractivity contribution < 1.29 is 9.84 Å². The number of piperidine rings is 1. The number of nitrogens with zero attached hydrogens (tertiary/aromatic N) is 6. The number of rotatable bonds is 6.